The van der Waals surface area contributed by atoms with Crippen LogP contribution in [0, 0.1) is 5.82 Å². The van der Waals surface area contributed by atoms with Gasteiger partial charge in [-0.05, 0) is 12.1 Å². The van der Waals surface area contributed by atoms with Crippen LogP contribution in [-0.4, -0.2) is 18.4 Å². The SMILES string of the molecule is O=S(=O)(Nc1cnccc1Cl)c1cncc(F)c1. The zero-order chi connectivity index (χ0) is 13.2. The molecule has 0 bridgehead atoms. The second-order valence-electron chi connectivity index (χ2n) is 3.30. The van der Waals surface area contributed by atoms with Crippen LogP contribution in [0.5, 0.6) is 0 Å². The minimum atomic E-state index is -3.94. The summed E-state index contributed by atoms with van der Waals surface area (Å²) < 4.78 is 38.9. The van der Waals surface area contributed by atoms with Gasteiger partial charge in [0.05, 0.1) is 23.1 Å². The van der Waals surface area contributed by atoms with Crippen molar-refractivity contribution in [3.63, 3.8) is 0 Å². The zero-order valence-corrected chi connectivity index (χ0v) is 10.4. The summed E-state index contributed by atoms with van der Waals surface area (Å²) in [6.45, 7) is 0. The van der Waals surface area contributed by atoms with Gasteiger partial charge in [-0.25, -0.2) is 12.8 Å². The van der Waals surface area contributed by atoms with E-state index in [0.29, 0.717) is 0 Å². The van der Waals surface area contributed by atoms with Crippen LogP contribution in [-0.2, 0) is 10.0 Å². The summed E-state index contributed by atoms with van der Waals surface area (Å²) in [7, 11) is -3.94. The van der Waals surface area contributed by atoms with Gasteiger partial charge in [-0.1, -0.05) is 11.6 Å². The number of anilines is 1. The number of rotatable bonds is 3. The van der Waals surface area contributed by atoms with Crippen molar-refractivity contribution in [2.24, 2.45) is 0 Å². The Kier molecular flexibility index (Phi) is 3.44. The van der Waals surface area contributed by atoms with E-state index in [0.717, 1.165) is 18.5 Å². The van der Waals surface area contributed by atoms with Crippen LogP contribution >= 0.6 is 11.6 Å². The van der Waals surface area contributed by atoms with Gasteiger partial charge in [-0.3, -0.25) is 14.7 Å². The second-order valence-corrected chi connectivity index (χ2v) is 5.39. The molecule has 0 aliphatic carbocycles. The quantitative estimate of drug-likeness (QED) is 0.938. The van der Waals surface area contributed by atoms with Gasteiger partial charge in [0.2, 0.25) is 0 Å². The first-order valence-electron chi connectivity index (χ1n) is 4.72. The Bertz CT molecular complexity index is 678. The second kappa shape index (κ2) is 4.87. The molecule has 0 radical (unpaired) electrons. The minimum absolute atomic E-state index is 0.114. The molecule has 2 aromatic heterocycles. The average molecular weight is 288 g/mol. The Balaban J connectivity index is 2.37. The molecule has 0 spiro atoms. The van der Waals surface area contributed by atoms with Gasteiger partial charge in [0.25, 0.3) is 10.0 Å². The number of hydrogen-bond acceptors (Lipinski definition) is 4. The lowest BCUT2D eigenvalue weighted by Gasteiger charge is -2.08. The highest BCUT2D eigenvalue weighted by molar-refractivity contribution is 7.92. The van der Waals surface area contributed by atoms with Crippen molar-refractivity contribution in [1.29, 1.82) is 0 Å². The van der Waals surface area contributed by atoms with Crippen molar-refractivity contribution >= 4 is 27.3 Å². The van der Waals surface area contributed by atoms with Gasteiger partial charge >= 0.3 is 0 Å². The van der Waals surface area contributed by atoms with Crippen molar-refractivity contribution < 1.29 is 12.8 Å². The fraction of sp³-hybridized carbons (Fsp3) is 0. The van der Waals surface area contributed by atoms with E-state index in [2.05, 4.69) is 14.7 Å². The molecule has 0 unspecified atom stereocenters. The molecule has 0 atom stereocenters. The first-order valence-corrected chi connectivity index (χ1v) is 6.58. The molecule has 0 aromatic carbocycles. The van der Waals surface area contributed by atoms with Crippen LogP contribution in [0.1, 0.15) is 0 Å². The molecule has 0 saturated heterocycles. The Morgan fingerprint density at radius 3 is 2.67 bits per heavy atom. The third-order valence-electron chi connectivity index (χ3n) is 2.00. The van der Waals surface area contributed by atoms with Crippen molar-refractivity contribution in [2.45, 2.75) is 4.90 Å². The Labute approximate surface area is 108 Å². The third kappa shape index (κ3) is 2.74. The number of nitrogens with one attached hydrogen (secondary N) is 1. The summed E-state index contributed by atoms with van der Waals surface area (Å²) in [6, 6.07) is 2.29. The average Bonchev–Trinajstić information content (AvgIpc) is 2.32. The van der Waals surface area contributed by atoms with E-state index >= 15 is 0 Å². The van der Waals surface area contributed by atoms with E-state index < -0.39 is 15.8 Å². The maximum atomic E-state index is 12.9. The molecule has 5 nitrogen and oxygen atoms in total. The van der Waals surface area contributed by atoms with E-state index in [1.807, 2.05) is 0 Å². The Morgan fingerprint density at radius 2 is 2.00 bits per heavy atom. The maximum absolute atomic E-state index is 12.9. The molecule has 1 N–H and O–H groups in total. The van der Waals surface area contributed by atoms with E-state index in [9.17, 15) is 12.8 Å². The smallest absolute Gasteiger partial charge is 0.263 e. The van der Waals surface area contributed by atoms with Crippen LogP contribution < -0.4 is 4.72 Å². The van der Waals surface area contributed by atoms with Crippen molar-refractivity contribution in [2.75, 3.05) is 4.72 Å². The third-order valence-corrected chi connectivity index (χ3v) is 3.66. The summed E-state index contributed by atoms with van der Waals surface area (Å²) in [4.78, 5) is 6.92. The molecule has 0 aliphatic rings. The molecule has 0 fully saturated rings. The fourth-order valence-electron chi connectivity index (χ4n) is 1.20. The summed E-state index contributed by atoms with van der Waals surface area (Å²) in [5, 5.41) is 0.193. The number of halogens is 2. The number of aromatic nitrogens is 2. The molecule has 8 heteroatoms. The highest BCUT2D eigenvalue weighted by atomic mass is 35.5. The summed E-state index contributed by atoms with van der Waals surface area (Å²) in [5.41, 5.74) is 0.114. The van der Waals surface area contributed by atoms with Gasteiger partial charge in [0, 0.05) is 12.4 Å². The van der Waals surface area contributed by atoms with E-state index in [-0.39, 0.29) is 15.6 Å². The molecule has 0 aliphatic heterocycles. The lowest BCUT2D eigenvalue weighted by molar-refractivity contribution is 0.592. The summed E-state index contributed by atoms with van der Waals surface area (Å²) in [6.07, 6.45) is 4.63. The van der Waals surface area contributed by atoms with Gasteiger partial charge in [0.1, 0.15) is 10.7 Å². The van der Waals surface area contributed by atoms with Crippen LogP contribution in [0.25, 0.3) is 0 Å². The molecule has 2 rings (SSSR count). The van der Waals surface area contributed by atoms with Crippen molar-refractivity contribution in [3.05, 3.63) is 47.8 Å². The standard InChI is InChI=1S/C10H7ClFN3O2S/c11-9-1-2-13-6-10(9)15-18(16,17)8-3-7(12)4-14-5-8/h1-6,15H. The van der Waals surface area contributed by atoms with Crippen molar-refractivity contribution in [3.8, 4) is 0 Å². The first kappa shape index (κ1) is 12.7. The largest absolute Gasteiger partial charge is 0.276 e. The fourth-order valence-corrected chi connectivity index (χ4v) is 2.44. The van der Waals surface area contributed by atoms with Gasteiger partial charge in [0.15, 0.2) is 0 Å². The number of pyridine rings is 2. The van der Waals surface area contributed by atoms with Gasteiger partial charge in [-0.2, -0.15) is 0 Å². The monoisotopic (exact) mass is 287 g/mol. The van der Waals surface area contributed by atoms with Gasteiger partial charge in [-0.15, -0.1) is 0 Å². The summed E-state index contributed by atoms with van der Waals surface area (Å²) in [5.74, 6) is -0.741. The van der Waals surface area contributed by atoms with E-state index in [4.69, 9.17) is 11.6 Å². The predicted molar refractivity (Wildman–Crippen MR) is 64.3 cm³/mol. The zero-order valence-electron chi connectivity index (χ0n) is 8.84. The number of hydrogen-bond donors (Lipinski definition) is 1. The van der Waals surface area contributed by atoms with E-state index in [1.54, 1.807) is 0 Å². The minimum Gasteiger partial charge on any atom is -0.276 e. The number of sulfonamides is 1. The molecule has 18 heavy (non-hydrogen) atoms. The van der Waals surface area contributed by atoms with Crippen LogP contribution in [0.2, 0.25) is 5.02 Å². The topological polar surface area (TPSA) is 72.0 Å². The predicted octanol–water partition coefficient (Wildman–Crippen LogP) is 2.07. The number of nitrogens with zero attached hydrogens (tertiary/aromatic N) is 2. The molecular weight excluding hydrogens is 281 g/mol. The lowest BCUT2D eigenvalue weighted by atomic mass is 10.4. The Hall–Kier alpha value is -1.73. The normalized spacial score (nSPS) is 11.2. The van der Waals surface area contributed by atoms with Crippen LogP contribution in [0.3, 0.4) is 0 Å². The van der Waals surface area contributed by atoms with Crippen LogP contribution in [0.15, 0.2) is 41.8 Å². The maximum Gasteiger partial charge on any atom is 0.263 e. The summed E-state index contributed by atoms with van der Waals surface area (Å²) >= 11 is 5.79. The lowest BCUT2D eigenvalue weighted by Crippen LogP contribution is -2.14. The molecule has 2 heterocycles. The molecule has 0 amide bonds. The molecule has 94 valence electrons. The molecular formula is C10H7ClFN3O2S. The highest BCUT2D eigenvalue weighted by Gasteiger charge is 2.16. The van der Waals surface area contributed by atoms with Crippen molar-refractivity contribution in [1.82, 2.24) is 9.97 Å². The van der Waals surface area contributed by atoms with Gasteiger partial charge < -0.3 is 0 Å². The highest BCUT2D eigenvalue weighted by Crippen LogP contribution is 2.22. The Morgan fingerprint density at radius 1 is 1.22 bits per heavy atom. The van der Waals surface area contributed by atoms with E-state index in [1.165, 1.54) is 18.5 Å². The first-order chi connectivity index (χ1) is 8.49. The van der Waals surface area contributed by atoms with Crippen LogP contribution in [0.4, 0.5) is 10.1 Å². The molecule has 2 aromatic rings. The molecule has 0 saturated carbocycles.